The maximum Gasteiger partial charge on any atom is 0.318 e. The van der Waals surface area contributed by atoms with E-state index in [0.29, 0.717) is 25.5 Å². The molecule has 19 heavy (non-hydrogen) atoms. The molecule has 0 radical (unpaired) electrons. The molecule has 6 nitrogen and oxygen atoms in total. The van der Waals surface area contributed by atoms with E-state index in [-0.39, 0.29) is 11.9 Å². The largest absolute Gasteiger partial charge is 0.465 e. The highest BCUT2D eigenvalue weighted by Gasteiger charge is 2.31. The number of aromatic nitrogens is 2. The van der Waals surface area contributed by atoms with Crippen LogP contribution in [0.15, 0.2) is 4.52 Å². The number of carbonyl (C=O) groups is 1. The normalized spacial score (nSPS) is 13.3. The van der Waals surface area contributed by atoms with Crippen LogP contribution in [0.2, 0.25) is 0 Å². The maximum absolute atomic E-state index is 11.8. The number of rotatable bonds is 7. The minimum atomic E-state index is -0.635. The first-order valence-corrected chi connectivity index (χ1v) is 6.60. The molecule has 1 heterocycles. The Labute approximate surface area is 113 Å². The van der Waals surface area contributed by atoms with Gasteiger partial charge in [-0.25, -0.2) is 0 Å². The Kier molecular flexibility index (Phi) is 5.47. The molecule has 0 aliphatic heterocycles. The number of hydrogen-bond acceptors (Lipinski definition) is 6. The van der Waals surface area contributed by atoms with Crippen LogP contribution in [0.3, 0.4) is 0 Å². The van der Waals surface area contributed by atoms with Crippen molar-refractivity contribution >= 4 is 5.97 Å². The molecule has 1 rings (SSSR count). The first-order chi connectivity index (χ1) is 8.96. The molecular weight excluding hydrogens is 248 g/mol. The predicted molar refractivity (Wildman–Crippen MR) is 68.6 cm³/mol. The number of esters is 1. The van der Waals surface area contributed by atoms with Gasteiger partial charge in [0.25, 0.3) is 0 Å². The predicted octanol–water partition coefficient (Wildman–Crippen LogP) is 2.40. The summed E-state index contributed by atoms with van der Waals surface area (Å²) >= 11 is 0. The van der Waals surface area contributed by atoms with Crippen molar-refractivity contribution in [3.63, 3.8) is 0 Å². The summed E-state index contributed by atoms with van der Waals surface area (Å²) in [5.74, 6) is -0.135. The smallest absolute Gasteiger partial charge is 0.318 e. The van der Waals surface area contributed by atoms with Crippen LogP contribution in [0.25, 0.3) is 0 Å². The summed E-state index contributed by atoms with van der Waals surface area (Å²) in [6.07, 6.45) is 0.551. The lowest BCUT2D eigenvalue weighted by Crippen LogP contribution is -2.23. The average Bonchev–Trinajstić information content (AvgIpc) is 2.80. The van der Waals surface area contributed by atoms with Crippen molar-refractivity contribution in [2.24, 2.45) is 0 Å². The van der Waals surface area contributed by atoms with Gasteiger partial charge >= 0.3 is 5.97 Å². The van der Waals surface area contributed by atoms with Gasteiger partial charge in [0, 0.05) is 6.61 Å². The van der Waals surface area contributed by atoms with Crippen LogP contribution in [0.5, 0.6) is 0 Å². The molecule has 0 aliphatic rings. The molecule has 0 amide bonds. The molecule has 1 aromatic heterocycles. The molecule has 0 bridgehead atoms. The first kappa shape index (κ1) is 15.6. The standard InChI is InChI=1S/C13H22N2O4/c1-6-9(11(16)17-7-2)10-14-12(15-19-10)13(4,5)18-8-3/h9H,6-8H2,1-5H3. The lowest BCUT2D eigenvalue weighted by Gasteiger charge is -2.19. The van der Waals surface area contributed by atoms with Crippen molar-refractivity contribution in [1.82, 2.24) is 10.1 Å². The van der Waals surface area contributed by atoms with Gasteiger partial charge in [-0.15, -0.1) is 0 Å². The molecular formula is C13H22N2O4. The molecule has 0 fully saturated rings. The lowest BCUT2D eigenvalue weighted by molar-refractivity contribution is -0.145. The van der Waals surface area contributed by atoms with Gasteiger partial charge in [-0.2, -0.15) is 4.98 Å². The van der Waals surface area contributed by atoms with Crippen LogP contribution in [0.1, 0.15) is 58.7 Å². The summed E-state index contributed by atoms with van der Waals surface area (Å²) in [7, 11) is 0. The summed E-state index contributed by atoms with van der Waals surface area (Å²) in [6, 6.07) is 0. The molecule has 0 spiro atoms. The van der Waals surface area contributed by atoms with Crippen molar-refractivity contribution in [2.45, 2.75) is 52.6 Å². The number of hydrogen-bond donors (Lipinski definition) is 0. The van der Waals surface area contributed by atoms with Crippen LogP contribution < -0.4 is 0 Å². The van der Waals surface area contributed by atoms with Gasteiger partial charge in [0.15, 0.2) is 0 Å². The summed E-state index contributed by atoms with van der Waals surface area (Å²) in [4.78, 5) is 16.0. The van der Waals surface area contributed by atoms with Crippen LogP contribution in [0, 0.1) is 0 Å². The molecule has 108 valence electrons. The van der Waals surface area contributed by atoms with Crippen molar-refractivity contribution in [2.75, 3.05) is 13.2 Å². The van der Waals surface area contributed by atoms with E-state index in [4.69, 9.17) is 14.0 Å². The van der Waals surface area contributed by atoms with Crippen LogP contribution in [-0.4, -0.2) is 29.3 Å². The number of nitrogens with zero attached hydrogens (tertiary/aromatic N) is 2. The second-order valence-corrected chi connectivity index (χ2v) is 4.61. The topological polar surface area (TPSA) is 74.5 Å². The summed E-state index contributed by atoms with van der Waals surface area (Å²) < 4.78 is 15.7. The van der Waals surface area contributed by atoms with Crippen LogP contribution in [-0.2, 0) is 19.9 Å². The summed E-state index contributed by atoms with van der Waals surface area (Å²) in [5.41, 5.74) is -0.635. The van der Waals surface area contributed by atoms with E-state index in [9.17, 15) is 4.79 Å². The highest BCUT2D eigenvalue weighted by molar-refractivity contribution is 5.76. The SMILES string of the molecule is CCOC(=O)C(CC)c1nc(C(C)(C)OCC)no1. The summed E-state index contributed by atoms with van der Waals surface area (Å²) in [6.45, 7) is 10.1. The van der Waals surface area contributed by atoms with Crippen molar-refractivity contribution in [3.8, 4) is 0 Å². The third-order valence-corrected chi connectivity index (χ3v) is 2.76. The number of carbonyl (C=O) groups excluding carboxylic acids is 1. The minimum absolute atomic E-state index is 0.281. The average molecular weight is 270 g/mol. The van der Waals surface area contributed by atoms with E-state index in [0.717, 1.165) is 0 Å². The summed E-state index contributed by atoms with van der Waals surface area (Å²) in [5, 5.41) is 3.90. The van der Waals surface area contributed by atoms with E-state index in [1.807, 2.05) is 27.7 Å². The zero-order valence-corrected chi connectivity index (χ0v) is 12.2. The van der Waals surface area contributed by atoms with Crippen LogP contribution >= 0.6 is 0 Å². The van der Waals surface area contributed by atoms with Gasteiger partial charge in [-0.1, -0.05) is 12.1 Å². The van der Waals surface area contributed by atoms with Crippen molar-refractivity contribution < 1.29 is 18.8 Å². The van der Waals surface area contributed by atoms with Crippen molar-refractivity contribution in [3.05, 3.63) is 11.7 Å². The van der Waals surface area contributed by atoms with E-state index < -0.39 is 11.5 Å². The highest BCUT2D eigenvalue weighted by atomic mass is 16.5. The quantitative estimate of drug-likeness (QED) is 0.708. The van der Waals surface area contributed by atoms with Crippen molar-refractivity contribution in [1.29, 1.82) is 0 Å². The van der Waals surface area contributed by atoms with E-state index in [2.05, 4.69) is 10.1 Å². The van der Waals surface area contributed by atoms with Gasteiger partial charge in [0.2, 0.25) is 11.7 Å². The number of ether oxygens (including phenoxy) is 2. The molecule has 0 saturated heterocycles. The molecule has 0 aliphatic carbocycles. The Morgan fingerprint density at radius 3 is 2.53 bits per heavy atom. The fraction of sp³-hybridized carbons (Fsp3) is 0.769. The minimum Gasteiger partial charge on any atom is -0.465 e. The van der Waals surface area contributed by atoms with Gasteiger partial charge in [-0.3, -0.25) is 4.79 Å². The molecule has 6 heteroatoms. The Morgan fingerprint density at radius 1 is 1.32 bits per heavy atom. The highest BCUT2D eigenvalue weighted by Crippen LogP contribution is 2.25. The zero-order chi connectivity index (χ0) is 14.5. The lowest BCUT2D eigenvalue weighted by atomic mass is 10.1. The monoisotopic (exact) mass is 270 g/mol. The Balaban J connectivity index is 2.91. The molecule has 1 atom stereocenters. The van der Waals surface area contributed by atoms with Crippen LogP contribution in [0.4, 0.5) is 0 Å². The van der Waals surface area contributed by atoms with E-state index >= 15 is 0 Å². The molecule has 1 unspecified atom stereocenters. The Bertz CT molecular complexity index is 415. The molecule has 1 aromatic rings. The molecule has 0 N–H and O–H groups in total. The molecule has 0 saturated carbocycles. The molecule has 0 aromatic carbocycles. The maximum atomic E-state index is 11.8. The third kappa shape index (κ3) is 3.76. The second-order valence-electron chi connectivity index (χ2n) is 4.61. The van der Waals surface area contributed by atoms with Gasteiger partial charge in [0.05, 0.1) is 6.61 Å². The zero-order valence-electron chi connectivity index (χ0n) is 12.2. The Hall–Kier alpha value is -1.43. The fourth-order valence-electron chi connectivity index (χ4n) is 1.73. The van der Waals surface area contributed by atoms with Gasteiger partial charge in [-0.05, 0) is 34.1 Å². The van der Waals surface area contributed by atoms with Gasteiger partial charge < -0.3 is 14.0 Å². The fourth-order valence-corrected chi connectivity index (χ4v) is 1.73. The van der Waals surface area contributed by atoms with E-state index in [1.54, 1.807) is 6.92 Å². The first-order valence-electron chi connectivity index (χ1n) is 6.60. The third-order valence-electron chi connectivity index (χ3n) is 2.76. The Morgan fingerprint density at radius 2 is 2.00 bits per heavy atom. The second kappa shape index (κ2) is 6.65. The van der Waals surface area contributed by atoms with Gasteiger partial charge in [0.1, 0.15) is 11.5 Å². The van der Waals surface area contributed by atoms with E-state index in [1.165, 1.54) is 0 Å².